The second-order valence-corrected chi connectivity index (χ2v) is 6.07. The summed E-state index contributed by atoms with van der Waals surface area (Å²) < 4.78 is 5.06. The van der Waals surface area contributed by atoms with Crippen LogP contribution in [0.5, 0.6) is 0 Å². The molecule has 0 bridgehead atoms. The van der Waals surface area contributed by atoms with Crippen molar-refractivity contribution in [2.45, 2.75) is 46.6 Å². The lowest BCUT2D eigenvalue weighted by Crippen LogP contribution is -2.29. The Hall–Kier alpha value is -1.69. The molecule has 20 heavy (non-hydrogen) atoms. The van der Waals surface area contributed by atoms with Gasteiger partial charge in [0.05, 0.1) is 23.9 Å². The van der Waals surface area contributed by atoms with Gasteiger partial charge in [-0.15, -0.1) is 11.3 Å². The highest BCUT2D eigenvalue weighted by Gasteiger charge is 2.18. The molecule has 1 N–H and O–H groups in total. The molecule has 0 aliphatic carbocycles. The first-order valence-corrected chi connectivity index (χ1v) is 7.46. The van der Waals surface area contributed by atoms with E-state index in [9.17, 15) is 4.79 Å². The van der Waals surface area contributed by atoms with Gasteiger partial charge in [0.25, 0.3) is 0 Å². The van der Waals surface area contributed by atoms with E-state index in [0.717, 1.165) is 22.8 Å². The van der Waals surface area contributed by atoms with Crippen molar-refractivity contribution in [3.63, 3.8) is 0 Å². The van der Waals surface area contributed by atoms with E-state index in [0.29, 0.717) is 5.76 Å². The maximum atomic E-state index is 12.0. The van der Waals surface area contributed by atoms with Gasteiger partial charge < -0.3 is 9.84 Å². The van der Waals surface area contributed by atoms with Gasteiger partial charge in [-0.05, 0) is 27.2 Å². The van der Waals surface area contributed by atoms with E-state index in [4.69, 9.17) is 4.52 Å². The summed E-state index contributed by atoms with van der Waals surface area (Å²) in [6.07, 6.45) is 1.02. The average Bonchev–Trinajstić information content (AvgIpc) is 2.93. The minimum absolute atomic E-state index is 0.0380. The first kappa shape index (κ1) is 14.7. The molecule has 2 heterocycles. The van der Waals surface area contributed by atoms with Crippen LogP contribution in [0.3, 0.4) is 0 Å². The second kappa shape index (κ2) is 6.17. The van der Waals surface area contributed by atoms with Crippen LogP contribution in [-0.2, 0) is 11.2 Å². The van der Waals surface area contributed by atoms with Crippen LogP contribution in [0.1, 0.15) is 46.4 Å². The molecule has 1 atom stereocenters. The SMILES string of the molecule is CC[C@@H](NC(=O)Cc1cc(C)no1)c1nc(C)c(C)s1. The van der Waals surface area contributed by atoms with Gasteiger partial charge in [-0.25, -0.2) is 4.98 Å². The topological polar surface area (TPSA) is 68.0 Å². The molecule has 0 unspecified atom stereocenters. The van der Waals surface area contributed by atoms with E-state index >= 15 is 0 Å². The molecule has 0 aromatic carbocycles. The lowest BCUT2D eigenvalue weighted by atomic mass is 10.2. The summed E-state index contributed by atoms with van der Waals surface area (Å²) in [5, 5.41) is 7.74. The number of carbonyl (C=O) groups is 1. The van der Waals surface area contributed by atoms with Gasteiger partial charge in [0, 0.05) is 10.9 Å². The predicted octanol–water partition coefficient (Wildman–Crippen LogP) is 2.87. The standard InChI is InChI=1S/C14H19N3O2S/c1-5-12(14-15-9(3)10(4)20-14)16-13(18)7-11-6-8(2)17-19-11/h6,12H,5,7H2,1-4H3,(H,16,18)/t12-/m1/s1. The lowest BCUT2D eigenvalue weighted by Gasteiger charge is -2.13. The molecule has 5 nitrogen and oxygen atoms in total. The van der Waals surface area contributed by atoms with Crippen LogP contribution in [0, 0.1) is 20.8 Å². The largest absolute Gasteiger partial charge is 0.361 e. The van der Waals surface area contributed by atoms with Crippen molar-refractivity contribution in [1.82, 2.24) is 15.5 Å². The van der Waals surface area contributed by atoms with Crippen molar-refractivity contribution in [2.75, 3.05) is 0 Å². The first-order valence-electron chi connectivity index (χ1n) is 6.65. The number of aromatic nitrogens is 2. The third-order valence-corrected chi connectivity index (χ3v) is 4.28. The molecule has 0 spiro atoms. The zero-order chi connectivity index (χ0) is 14.7. The first-order chi connectivity index (χ1) is 9.49. The minimum atomic E-state index is -0.0708. The Balaban J connectivity index is 2.00. The normalized spacial score (nSPS) is 12.4. The minimum Gasteiger partial charge on any atom is -0.361 e. The highest BCUT2D eigenvalue weighted by atomic mass is 32.1. The highest BCUT2D eigenvalue weighted by molar-refractivity contribution is 7.11. The number of hydrogen-bond donors (Lipinski definition) is 1. The zero-order valence-corrected chi connectivity index (χ0v) is 13.0. The Bertz CT molecular complexity index is 584. The quantitative estimate of drug-likeness (QED) is 0.920. The van der Waals surface area contributed by atoms with Crippen LogP contribution in [0.25, 0.3) is 0 Å². The Morgan fingerprint density at radius 3 is 2.70 bits per heavy atom. The van der Waals surface area contributed by atoms with Crippen molar-refractivity contribution in [3.8, 4) is 0 Å². The van der Waals surface area contributed by atoms with E-state index in [1.54, 1.807) is 17.4 Å². The van der Waals surface area contributed by atoms with Gasteiger partial charge in [0.1, 0.15) is 10.8 Å². The Morgan fingerprint density at radius 1 is 1.45 bits per heavy atom. The molecular formula is C14H19N3O2S. The maximum absolute atomic E-state index is 12.0. The number of carbonyl (C=O) groups excluding carboxylic acids is 1. The summed E-state index contributed by atoms with van der Waals surface area (Å²) in [5.41, 5.74) is 1.81. The molecule has 2 aromatic rings. The van der Waals surface area contributed by atoms with E-state index in [2.05, 4.69) is 15.5 Å². The molecule has 0 saturated heterocycles. The number of nitrogens with zero attached hydrogens (tertiary/aromatic N) is 2. The molecule has 0 aliphatic rings. The second-order valence-electron chi connectivity index (χ2n) is 4.83. The molecule has 0 aliphatic heterocycles. The van der Waals surface area contributed by atoms with Crippen LogP contribution in [-0.4, -0.2) is 16.0 Å². The summed E-state index contributed by atoms with van der Waals surface area (Å²) in [6, 6.07) is 1.74. The molecule has 108 valence electrons. The average molecular weight is 293 g/mol. The molecule has 0 saturated carbocycles. The van der Waals surface area contributed by atoms with Crippen molar-refractivity contribution in [1.29, 1.82) is 0 Å². The van der Waals surface area contributed by atoms with Crippen molar-refractivity contribution < 1.29 is 9.32 Å². The smallest absolute Gasteiger partial charge is 0.228 e. The fraction of sp³-hybridized carbons (Fsp3) is 0.500. The molecule has 1 amide bonds. The van der Waals surface area contributed by atoms with Crippen LogP contribution >= 0.6 is 11.3 Å². The van der Waals surface area contributed by atoms with E-state index < -0.39 is 0 Å². The third kappa shape index (κ3) is 3.45. The van der Waals surface area contributed by atoms with Crippen LogP contribution in [0.2, 0.25) is 0 Å². The summed E-state index contributed by atoms with van der Waals surface area (Å²) in [6.45, 7) is 7.90. The summed E-state index contributed by atoms with van der Waals surface area (Å²) in [4.78, 5) is 17.7. The number of thiazole rings is 1. The third-order valence-electron chi connectivity index (χ3n) is 3.10. The Morgan fingerprint density at radius 2 is 2.20 bits per heavy atom. The number of nitrogens with one attached hydrogen (secondary N) is 1. The van der Waals surface area contributed by atoms with Gasteiger partial charge >= 0.3 is 0 Å². The maximum Gasteiger partial charge on any atom is 0.228 e. The van der Waals surface area contributed by atoms with Gasteiger partial charge in [0.2, 0.25) is 5.91 Å². The van der Waals surface area contributed by atoms with Gasteiger partial charge in [-0.2, -0.15) is 0 Å². The van der Waals surface area contributed by atoms with Crippen molar-refractivity contribution >= 4 is 17.2 Å². The van der Waals surface area contributed by atoms with Crippen LogP contribution in [0.4, 0.5) is 0 Å². The highest BCUT2D eigenvalue weighted by Crippen LogP contribution is 2.24. The van der Waals surface area contributed by atoms with E-state index in [-0.39, 0.29) is 18.4 Å². The van der Waals surface area contributed by atoms with E-state index in [1.807, 2.05) is 27.7 Å². The molecule has 2 aromatic heterocycles. The van der Waals surface area contributed by atoms with Gasteiger partial charge in [-0.3, -0.25) is 4.79 Å². The van der Waals surface area contributed by atoms with Gasteiger partial charge in [0.15, 0.2) is 0 Å². The molecule has 0 fully saturated rings. The Kier molecular flexibility index (Phi) is 4.54. The fourth-order valence-electron chi connectivity index (χ4n) is 1.89. The summed E-state index contributed by atoms with van der Waals surface area (Å²) in [5.74, 6) is 0.514. The number of rotatable bonds is 5. The molecule has 0 radical (unpaired) electrons. The van der Waals surface area contributed by atoms with Crippen LogP contribution in [0.15, 0.2) is 10.6 Å². The Labute approximate surface area is 122 Å². The molecular weight excluding hydrogens is 274 g/mol. The summed E-state index contributed by atoms with van der Waals surface area (Å²) >= 11 is 1.64. The molecule has 2 rings (SSSR count). The van der Waals surface area contributed by atoms with E-state index in [1.165, 1.54) is 4.88 Å². The predicted molar refractivity (Wildman–Crippen MR) is 77.7 cm³/mol. The zero-order valence-electron chi connectivity index (χ0n) is 12.2. The van der Waals surface area contributed by atoms with Gasteiger partial charge in [-0.1, -0.05) is 12.1 Å². The van der Waals surface area contributed by atoms with Crippen molar-refractivity contribution in [3.05, 3.63) is 33.1 Å². The summed E-state index contributed by atoms with van der Waals surface area (Å²) in [7, 11) is 0. The van der Waals surface area contributed by atoms with Crippen molar-refractivity contribution in [2.24, 2.45) is 0 Å². The van der Waals surface area contributed by atoms with Crippen LogP contribution < -0.4 is 5.32 Å². The molecule has 6 heteroatoms. The number of hydrogen-bond acceptors (Lipinski definition) is 5. The monoisotopic (exact) mass is 293 g/mol. The lowest BCUT2D eigenvalue weighted by molar-refractivity contribution is -0.121. The fourth-order valence-corrected chi connectivity index (χ4v) is 2.95. The number of amides is 1. The number of aryl methyl sites for hydroxylation is 3.